The highest BCUT2D eigenvalue weighted by Gasteiger charge is 2.36. The third-order valence-electron chi connectivity index (χ3n) is 3.59. The summed E-state index contributed by atoms with van der Waals surface area (Å²) in [5, 5.41) is 17.5. The van der Waals surface area contributed by atoms with Gasteiger partial charge in [0.2, 0.25) is 0 Å². The third-order valence-corrected chi connectivity index (χ3v) is 3.95. The summed E-state index contributed by atoms with van der Waals surface area (Å²) >= 11 is 5.39. The second kappa shape index (κ2) is 5.85. The van der Waals surface area contributed by atoms with Crippen molar-refractivity contribution in [2.45, 2.75) is 18.9 Å². The number of benzene rings is 1. The van der Waals surface area contributed by atoms with Gasteiger partial charge in [0.05, 0.1) is 12.0 Å². The van der Waals surface area contributed by atoms with Gasteiger partial charge in [-0.2, -0.15) is 0 Å². The fraction of sp³-hybridized carbons (Fsp3) is 0.385. The predicted molar refractivity (Wildman–Crippen MR) is 69.2 cm³/mol. The van der Waals surface area contributed by atoms with E-state index in [0.29, 0.717) is 0 Å². The lowest BCUT2D eigenvalue weighted by Gasteiger charge is -2.36. The van der Waals surface area contributed by atoms with Crippen LogP contribution in [0.15, 0.2) is 12.1 Å². The summed E-state index contributed by atoms with van der Waals surface area (Å²) in [5.74, 6) is -3.82. The zero-order valence-electron chi connectivity index (χ0n) is 10.7. The van der Waals surface area contributed by atoms with Crippen molar-refractivity contribution in [1.82, 2.24) is 4.90 Å². The Bertz CT molecular complexity index is 573. The maximum absolute atomic E-state index is 13.5. The molecule has 0 saturated carbocycles. The molecule has 1 heterocycles. The molecule has 0 radical (unpaired) electrons. The summed E-state index contributed by atoms with van der Waals surface area (Å²) in [6.45, 7) is -0.0111. The first-order valence-electron chi connectivity index (χ1n) is 6.18. The molecule has 1 aliphatic heterocycles. The van der Waals surface area contributed by atoms with Gasteiger partial charge in [0.25, 0.3) is 0 Å². The van der Waals surface area contributed by atoms with Gasteiger partial charge < -0.3 is 15.1 Å². The van der Waals surface area contributed by atoms with Gasteiger partial charge in [-0.3, -0.25) is 4.79 Å². The Hall–Kier alpha value is -1.89. The minimum atomic E-state index is -1.26. The molecule has 0 aromatic heterocycles. The van der Waals surface area contributed by atoms with Crippen molar-refractivity contribution in [2.75, 3.05) is 6.54 Å². The smallest absolute Gasteiger partial charge is 0.407 e. The third kappa shape index (κ3) is 3.07. The monoisotopic (exact) mass is 319 g/mol. The maximum Gasteiger partial charge on any atom is 0.407 e. The van der Waals surface area contributed by atoms with Crippen LogP contribution in [-0.2, 0) is 4.79 Å². The van der Waals surface area contributed by atoms with Crippen LogP contribution in [0.25, 0.3) is 0 Å². The number of carboxylic acid groups (broad SMARTS) is 2. The summed E-state index contributed by atoms with van der Waals surface area (Å²) in [4.78, 5) is 23.3. The first-order chi connectivity index (χ1) is 9.81. The predicted octanol–water partition coefficient (Wildman–Crippen LogP) is 3.13. The molecule has 1 aliphatic rings. The van der Waals surface area contributed by atoms with E-state index in [4.69, 9.17) is 21.8 Å². The van der Waals surface area contributed by atoms with Gasteiger partial charge in [-0.1, -0.05) is 11.6 Å². The topological polar surface area (TPSA) is 77.8 Å². The summed E-state index contributed by atoms with van der Waals surface area (Å²) in [6, 6.07) is 0.964. The fourth-order valence-electron chi connectivity index (χ4n) is 2.50. The second-order valence-electron chi connectivity index (χ2n) is 4.85. The number of halogens is 3. The molecule has 1 amide bonds. The van der Waals surface area contributed by atoms with E-state index in [1.54, 1.807) is 0 Å². The maximum atomic E-state index is 13.5. The van der Waals surface area contributed by atoms with Gasteiger partial charge in [0, 0.05) is 6.54 Å². The van der Waals surface area contributed by atoms with E-state index >= 15 is 0 Å². The van der Waals surface area contributed by atoms with Gasteiger partial charge in [0.15, 0.2) is 0 Å². The van der Waals surface area contributed by atoms with Gasteiger partial charge >= 0.3 is 12.1 Å². The molecule has 2 unspecified atom stereocenters. The Morgan fingerprint density at radius 1 is 1.24 bits per heavy atom. The molecule has 8 heteroatoms. The number of nitrogens with zero attached hydrogens (tertiary/aromatic N) is 1. The molecule has 5 nitrogen and oxygen atoms in total. The van der Waals surface area contributed by atoms with Crippen LogP contribution in [0.5, 0.6) is 0 Å². The van der Waals surface area contributed by atoms with Crippen LogP contribution in [0.4, 0.5) is 13.6 Å². The average molecular weight is 320 g/mol. The van der Waals surface area contributed by atoms with E-state index in [0.717, 1.165) is 17.0 Å². The molecule has 2 rings (SSSR count). The van der Waals surface area contributed by atoms with E-state index in [2.05, 4.69) is 0 Å². The average Bonchev–Trinajstić information content (AvgIpc) is 2.43. The molecule has 2 atom stereocenters. The molecule has 1 saturated heterocycles. The number of hydrogen-bond donors (Lipinski definition) is 2. The Labute approximate surface area is 123 Å². The van der Waals surface area contributed by atoms with E-state index in [1.165, 1.54) is 0 Å². The quantitative estimate of drug-likeness (QED) is 0.821. The van der Waals surface area contributed by atoms with Crippen LogP contribution in [0.1, 0.15) is 24.4 Å². The molecule has 2 N–H and O–H groups in total. The summed E-state index contributed by atoms with van der Waals surface area (Å²) < 4.78 is 27.0. The first kappa shape index (κ1) is 15.5. The van der Waals surface area contributed by atoms with Gasteiger partial charge in [-0.05, 0) is 30.5 Å². The first-order valence-corrected chi connectivity index (χ1v) is 6.56. The standard InChI is InChI=1S/C13H12ClF2NO4/c14-11-8(15)3-7(4-9(11)16)10-5-6(12(18)19)1-2-17(10)13(20)21/h3-4,6,10H,1-2,5H2,(H,18,19)(H,20,21). The van der Waals surface area contributed by atoms with Crippen molar-refractivity contribution in [3.63, 3.8) is 0 Å². The van der Waals surface area contributed by atoms with E-state index < -0.39 is 40.7 Å². The molecule has 1 fully saturated rings. The Kier molecular flexibility index (Phi) is 4.32. The molecule has 1 aromatic carbocycles. The van der Waals surface area contributed by atoms with Crippen LogP contribution in [0.3, 0.4) is 0 Å². The number of likely N-dealkylation sites (tertiary alicyclic amines) is 1. The Balaban J connectivity index is 2.40. The second-order valence-corrected chi connectivity index (χ2v) is 5.23. The number of amides is 1. The summed E-state index contributed by atoms with van der Waals surface area (Å²) in [6.07, 6.45) is -1.14. The van der Waals surface area contributed by atoms with Crippen molar-refractivity contribution < 1.29 is 28.6 Å². The van der Waals surface area contributed by atoms with Crippen molar-refractivity contribution in [2.24, 2.45) is 5.92 Å². The summed E-state index contributed by atoms with van der Waals surface area (Å²) in [7, 11) is 0. The molecule has 0 aliphatic carbocycles. The lowest BCUT2D eigenvalue weighted by Crippen LogP contribution is -2.42. The van der Waals surface area contributed by atoms with Gasteiger partial charge in [-0.25, -0.2) is 13.6 Å². The molecule has 114 valence electrons. The number of carboxylic acids is 1. The molecule has 0 spiro atoms. The van der Waals surface area contributed by atoms with E-state index in [-0.39, 0.29) is 24.9 Å². The van der Waals surface area contributed by atoms with Crippen molar-refractivity contribution >= 4 is 23.7 Å². The zero-order chi connectivity index (χ0) is 15.7. The highest BCUT2D eigenvalue weighted by atomic mass is 35.5. The molecular weight excluding hydrogens is 308 g/mol. The Morgan fingerprint density at radius 2 is 1.81 bits per heavy atom. The van der Waals surface area contributed by atoms with Crippen LogP contribution in [0, 0.1) is 17.6 Å². The lowest BCUT2D eigenvalue weighted by molar-refractivity contribution is -0.144. The Morgan fingerprint density at radius 3 is 2.29 bits per heavy atom. The fourth-order valence-corrected chi connectivity index (χ4v) is 2.61. The number of aliphatic carboxylic acids is 1. The van der Waals surface area contributed by atoms with Crippen molar-refractivity contribution in [3.05, 3.63) is 34.4 Å². The van der Waals surface area contributed by atoms with Crippen LogP contribution < -0.4 is 0 Å². The largest absolute Gasteiger partial charge is 0.481 e. The lowest BCUT2D eigenvalue weighted by atomic mass is 9.87. The number of hydrogen-bond acceptors (Lipinski definition) is 2. The molecule has 21 heavy (non-hydrogen) atoms. The molecular formula is C13H12ClF2NO4. The van der Waals surface area contributed by atoms with Crippen molar-refractivity contribution in [1.29, 1.82) is 0 Å². The van der Waals surface area contributed by atoms with E-state index in [9.17, 15) is 18.4 Å². The minimum Gasteiger partial charge on any atom is -0.481 e. The SMILES string of the molecule is O=C(O)C1CCN(C(=O)O)C(c2cc(F)c(Cl)c(F)c2)C1. The normalized spacial score (nSPS) is 22.1. The van der Waals surface area contributed by atoms with Gasteiger partial charge in [-0.15, -0.1) is 0 Å². The van der Waals surface area contributed by atoms with Crippen LogP contribution in [-0.4, -0.2) is 33.7 Å². The highest BCUT2D eigenvalue weighted by Crippen LogP contribution is 2.36. The highest BCUT2D eigenvalue weighted by molar-refractivity contribution is 6.30. The number of piperidine rings is 1. The van der Waals surface area contributed by atoms with E-state index in [1.807, 2.05) is 0 Å². The van der Waals surface area contributed by atoms with Gasteiger partial charge in [0.1, 0.15) is 16.7 Å². The number of rotatable bonds is 2. The zero-order valence-corrected chi connectivity index (χ0v) is 11.5. The molecule has 1 aromatic rings. The summed E-state index contributed by atoms with van der Waals surface area (Å²) in [5.41, 5.74) is 0.0581. The number of carbonyl (C=O) groups is 2. The van der Waals surface area contributed by atoms with Crippen molar-refractivity contribution in [3.8, 4) is 0 Å². The van der Waals surface area contributed by atoms with Crippen LogP contribution in [0.2, 0.25) is 5.02 Å². The molecule has 0 bridgehead atoms. The minimum absolute atomic E-state index is 0.0111. The van der Waals surface area contributed by atoms with Crippen LogP contribution >= 0.6 is 11.6 Å².